The lowest BCUT2D eigenvalue weighted by Gasteiger charge is -1.98. The number of aromatic nitrogens is 4. The number of anilines is 1. The van der Waals surface area contributed by atoms with E-state index in [2.05, 4.69) is 25.3 Å². The number of amides is 1. The van der Waals surface area contributed by atoms with Crippen LogP contribution in [0.25, 0.3) is 0 Å². The van der Waals surface area contributed by atoms with Crippen LogP contribution in [0, 0.1) is 0 Å². The lowest BCUT2D eigenvalue weighted by atomic mass is 10.5. The van der Waals surface area contributed by atoms with Crippen LogP contribution < -0.4 is 5.32 Å². The van der Waals surface area contributed by atoms with E-state index < -0.39 is 0 Å². The van der Waals surface area contributed by atoms with Gasteiger partial charge in [-0.15, -0.1) is 0 Å². The van der Waals surface area contributed by atoms with Gasteiger partial charge in [-0.25, -0.2) is 19.9 Å². The first-order chi connectivity index (χ1) is 8.97. The summed E-state index contributed by atoms with van der Waals surface area (Å²) in [6, 6.07) is 3.13. The van der Waals surface area contributed by atoms with Crippen LogP contribution in [0.1, 0.15) is 6.92 Å². The molecule has 0 spiro atoms. The maximum absolute atomic E-state index is 10.5. The summed E-state index contributed by atoms with van der Waals surface area (Å²) < 4.78 is 0. The molecule has 0 fully saturated rings. The molecule has 9 heteroatoms. The molecule has 0 unspecified atom stereocenters. The summed E-state index contributed by atoms with van der Waals surface area (Å²) in [4.78, 5) is 25.1. The van der Waals surface area contributed by atoms with Crippen molar-refractivity contribution in [1.82, 2.24) is 19.9 Å². The van der Waals surface area contributed by atoms with E-state index in [1.54, 1.807) is 12.1 Å². The quantitative estimate of drug-likeness (QED) is 0.645. The Bertz CT molecular complexity index is 549. The van der Waals surface area contributed by atoms with Crippen molar-refractivity contribution in [2.24, 2.45) is 0 Å². The Hall–Kier alpha value is -1.50. The van der Waals surface area contributed by atoms with Gasteiger partial charge < -0.3 is 5.32 Å². The molecule has 2 aromatic heterocycles. The maximum Gasteiger partial charge on any atom is 0.224 e. The summed E-state index contributed by atoms with van der Waals surface area (Å²) in [5.41, 5.74) is 0. The van der Waals surface area contributed by atoms with E-state index in [0.717, 1.165) is 0 Å². The minimum absolute atomic E-state index is 0.122. The van der Waals surface area contributed by atoms with Crippen LogP contribution in [-0.4, -0.2) is 25.8 Å². The first kappa shape index (κ1) is 15.6. The first-order valence-corrected chi connectivity index (χ1v) is 6.01. The van der Waals surface area contributed by atoms with Crippen LogP contribution in [0.4, 0.5) is 5.82 Å². The Balaban J connectivity index is 0.000000200. The van der Waals surface area contributed by atoms with Gasteiger partial charge in [0.25, 0.3) is 0 Å². The molecule has 0 saturated carbocycles. The first-order valence-electron chi connectivity index (χ1n) is 4.87. The predicted molar refractivity (Wildman–Crippen MR) is 73.4 cm³/mol. The van der Waals surface area contributed by atoms with Gasteiger partial charge in [0.05, 0.1) is 0 Å². The van der Waals surface area contributed by atoms with Crippen LogP contribution in [0.3, 0.4) is 0 Å². The minimum Gasteiger partial charge on any atom is -0.311 e. The van der Waals surface area contributed by atoms with Crippen molar-refractivity contribution in [1.29, 1.82) is 0 Å². The average Bonchev–Trinajstić information content (AvgIpc) is 2.28. The van der Waals surface area contributed by atoms with Crippen molar-refractivity contribution in [2.45, 2.75) is 6.92 Å². The van der Waals surface area contributed by atoms with Crippen LogP contribution in [-0.2, 0) is 4.79 Å². The summed E-state index contributed by atoms with van der Waals surface area (Å²) >= 11 is 16.2. The summed E-state index contributed by atoms with van der Waals surface area (Å²) in [5, 5.41) is 3.14. The van der Waals surface area contributed by atoms with Gasteiger partial charge in [0.2, 0.25) is 16.5 Å². The molecule has 0 atom stereocenters. The lowest BCUT2D eigenvalue weighted by molar-refractivity contribution is -0.114. The summed E-state index contributed by atoms with van der Waals surface area (Å²) in [7, 11) is 0. The highest BCUT2D eigenvalue weighted by atomic mass is 35.5. The number of rotatable bonds is 1. The van der Waals surface area contributed by atoms with Crippen molar-refractivity contribution >= 4 is 46.5 Å². The molecule has 6 nitrogen and oxygen atoms in total. The SMILES string of the molecule is CC(=O)Nc1ccnc(Cl)n1.Clc1ccnc(Cl)n1. The van der Waals surface area contributed by atoms with Gasteiger partial charge >= 0.3 is 0 Å². The van der Waals surface area contributed by atoms with Gasteiger partial charge in [0.15, 0.2) is 0 Å². The highest BCUT2D eigenvalue weighted by Crippen LogP contribution is 2.05. The zero-order valence-corrected chi connectivity index (χ0v) is 11.9. The third-order valence-corrected chi connectivity index (χ3v) is 2.10. The van der Waals surface area contributed by atoms with Crippen molar-refractivity contribution in [3.05, 3.63) is 40.2 Å². The fourth-order valence-electron chi connectivity index (χ4n) is 0.899. The minimum atomic E-state index is -0.181. The van der Waals surface area contributed by atoms with Crippen LogP contribution in [0.2, 0.25) is 15.7 Å². The second kappa shape index (κ2) is 7.83. The fraction of sp³-hybridized carbons (Fsp3) is 0.100. The van der Waals surface area contributed by atoms with E-state index in [9.17, 15) is 4.79 Å². The number of nitrogens with one attached hydrogen (secondary N) is 1. The summed E-state index contributed by atoms with van der Waals surface area (Å²) in [6.07, 6.45) is 2.97. The highest BCUT2D eigenvalue weighted by molar-refractivity contribution is 6.31. The van der Waals surface area contributed by atoms with Crippen molar-refractivity contribution in [2.75, 3.05) is 5.32 Å². The van der Waals surface area contributed by atoms with Gasteiger partial charge in [-0.05, 0) is 35.3 Å². The van der Waals surface area contributed by atoms with E-state index in [-0.39, 0.29) is 16.5 Å². The lowest BCUT2D eigenvalue weighted by Crippen LogP contribution is -2.07. The topological polar surface area (TPSA) is 80.7 Å². The van der Waals surface area contributed by atoms with E-state index in [1.165, 1.54) is 19.3 Å². The molecule has 1 N–H and O–H groups in total. The second-order valence-electron chi connectivity index (χ2n) is 3.04. The molecule has 0 aromatic carbocycles. The molecule has 0 aliphatic rings. The Morgan fingerprint density at radius 1 is 1.05 bits per heavy atom. The predicted octanol–water partition coefficient (Wildman–Crippen LogP) is 2.87. The average molecular weight is 321 g/mol. The fourth-order valence-corrected chi connectivity index (χ4v) is 1.37. The van der Waals surface area contributed by atoms with Gasteiger partial charge in [-0.2, -0.15) is 0 Å². The zero-order chi connectivity index (χ0) is 14.3. The molecule has 2 aromatic rings. The van der Waals surface area contributed by atoms with Crippen molar-refractivity contribution in [3.8, 4) is 0 Å². The third-order valence-electron chi connectivity index (χ3n) is 1.52. The van der Waals surface area contributed by atoms with E-state index in [1.807, 2.05) is 0 Å². The second-order valence-corrected chi connectivity index (χ2v) is 4.10. The van der Waals surface area contributed by atoms with Crippen LogP contribution in [0.5, 0.6) is 0 Å². The van der Waals surface area contributed by atoms with Gasteiger partial charge in [0, 0.05) is 19.3 Å². The zero-order valence-electron chi connectivity index (χ0n) is 9.64. The standard InChI is InChI=1S/C6H6ClN3O.C4H2Cl2N2/c1-4(11)9-5-2-3-8-6(7)10-5;5-3-1-2-7-4(6)8-3/h2-3H,1H3,(H,8,9,10,11);1-2H. The molecule has 2 rings (SSSR count). The molecule has 0 aliphatic heterocycles. The smallest absolute Gasteiger partial charge is 0.224 e. The van der Waals surface area contributed by atoms with E-state index in [4.69, 9.17) is 34.8 Å². The summed E-state index contributed by atoms with van der Waals surface area (Å²) in [5.74, 6) is 0.234. The largest absolute Gasteiger partial charge is 0.311 e. The van der Waals surface area contributed by atoms with Crippen molar-refractivity contribution < 1.29 is 4.79 Å². The van der Waals surface area contributed by atoms with E-state index in [0.29, 0.717) is 11.0 Å². The Morgan fingerprint density at radius 3 is 2.05 bits per heavy atom. The molecule has 1 amide bonds. The molecule has 2 heterocycles. The molecule has 0 radical (unpaired) electrons. The number of carbonyl (C=O) groups is 1. The third kappa shape index (κ3) is 6.85. The summed E-state index contributed by atoms with van der Waals surface area (Å²) in [6.45, 7) is 1.40. The van der Waals surface area contributed by atoms with Crippen LogP contribution in [0.15, 0.2) is 24.5 Å². The van der Waals surface area contributed by atoms with Crippen LogP contribution >= 0.6 is 34.8 Å². The maximum atomic E-state index is 10.5. The molecule has 0 bridgehead atoms. The van der Waals surface area contributed by atoms with Gasteiger partial charge in [-0.1, -0.05) is 11.6 Å². The normalized spacial score (nSPS) is 9.26. The van der Waals surface area contributed by atoms with E-state index >= 15 is 0 Å². The highest BCUT2D eigenvalue weighted by Gasteiger charge is 1.96. The number of carbonyl (C=O) groups excluding carboxylic acids is 1. The Morgan fingerprint density at radius 2 is 1.63 bits per heavy atom. The monoisotopic (exact) mass is 319 g/mol. The number of hydrogen-bond donors (Lipinski definition) is 1. The number of hydrogen-bond acceptors (Lipinski definition) is 5. The van der Waals surface area contributed by atoms with Gasteiger partial charge in [-0.3, -0.25) is 4.79 Å². The molecular formula is C10H8Cl3N5O. The Labute approximate surface area is 124 Å². The molecule has 19 heavy (non-hydrogen) atoms. The molecule has 100 valence electrons. The Kier molecular flexibility index (Phi) is 6.41. The molecule has 0 aliphatic carbocycles. The molecular weight excluding hydrogens is 313 g/mol. The van der Waals surface area contributed by atoms with Crippen molar-refractivity contribution in [3.63, 3.8) is 0 Å². The van der Waals surface area contributed by atoms with Gasteiger partial charge in [0.1, 0.15) is 11.0 Å². The number of nitrogens with zero attached hydrogens (tertiary/aromatic N) is 4. The number of halogens is 3. The molecule has 0 saturated heterocycles.